The number of nitrogens with one attached hydrogen (secondary N) is 1. The summed E-state index contributed by atoms with van der Waals surface area (Å²) in [5.74, 6) is -0.854. The van der Waals surface area contributed by atoms with Crippen LogP contribution < -0.4 is 10.2 Å². The number of nitrogens with zero attached hydrogens (tertiary/aromatic N) is 1. The molecule has 21 heavy (non-hydrogen) atoms. The normalized spacial score (nSPS) is 9.86. The van der Waals surface area contributed by atoms with Crippen molar-refractivity contribution in [1.29, 1.82) is 0 Å². The molecule has 6 nitrogen and oxygen atoms in total. The number of hydrogen-bond donors (Lipinski definition) is 1. The summed E-state index contributed by atoms with van der Waals surface area (Å²) in [6.45, 7) is 5.40. The van der Waals surface area contributed by atoms with E-state index in [-0.39, 0.29) is 25.0 Å². The Morgan fingerprint density at radius 3 is 2.43 bits per heavy atom. The van der Waals surface area contributed by atoms with Gasteiger partial charge in [0.1, 0.15) is 0 Å². The van der Waals surface area contributed by atoms with Gasteiger partial charge in [0, 0.05) is 26.9 Å². The number of para-hydroxylation sites is 1. The van der Waals surface area contributed by atoms with Gasteiger partial charge in [-0.15, -0.1) is 0 Å². The van der Waals surface area contributed by atoms with Gasteiger partial charge in [-0.2, -0.15) is 0 Å². The first kappa shape index (κ1) is 16.7. The molecule has 0 fully saturated rings. The lowest BCUT2D eigenvalue weighted by atomic mass is 10.1. The zero-order valence-corrected chi connectivity index (χ0v) is 12.5. The van der Waals surface area contributed by atoms with Crippen molar-refractivity contribution in [2.24, 2.45) is 0 Å². The molecule has 1 aromatic carbocycles. The summed E-state index contributed by atoms with van der Waals surface area (Å²) < 4.78 is 4.99. The summed E-state index contributed by atoms with van der Waals surface area (Å²) in [6, 6.07) is 6.75. The van der Waals surface area contributed by atoms with Gasteiger partial charge in [-0.3, -0.25) is 9.59 Å². The van der Waals surface area contributed by atoms with Gasteiger partial charge in [-0.1, -0.05) is 12.1 Å². The summed E-state index contributed by atoms with van der Waals surface area (Å²) in [7, 11) is 0. The van der Waals surface area contributed by atoms with Gasteiger partial charge in [0.15, 0.2) is 0 Å². The van der Waals surface area contributed by atoms with Gasteiger partial charge in [-0.05, 0) is 19.1 Å². The van der Waals surface area contributed by atoms with Crippen molar-refractivity contribution in [1.82, 2.24) is 5.32 Å². The molecule has 0 aliphatic rings. The molecule has 0 bridgehead atoms. The summed E-state index contributed by atoms with van der Waals surface area (Å²) in [5.41, 5.74) is 0.811. The average molecular weight is 292 g/mol. The third-order valence-corrected chi connectivity index (χ3v) is 2.78. The lowest BCUT2D eigenvalue weighted by Crippen LogP contribution is -2.37. The molecule has 0 saturated carbocycles. The van der Waals surface area contributed by atoms with Crippen LogP contribution in [-0.4, -0.2) is 37.5 Å². The highest BCUT2D eigenvalue weighted by Crippen LogP contribution is 2.21. The number of benzene rings is 1. The Hall–Kier alpha value is -2.37. The summed E-state index contributed by atoms with van der Waals surface area (Å²) in [6.07, 6.45) is 0. The minimum atomic E-state index is -0.473. The van der Waals surface area contributed by atoms with E-state index < -0.39 is 5.97 Å². The maximum Gasteiger partial charge on any atom is 0.340 e. The molecule has 0 spiro atoms. The number of esters is 1. The van der Waals surface area contributed by atoms with Crippen LogP contribution in [0.3, 0.4) is 0 Å². The lowest BCUT2D eigenvalue weighted by molar-refractivity contribution is -0.119. The van der Waals surface area contributed by atoms with Crippen molar-refractivity contribution in [3.05, 3.63) is 29.8 Å². The van der Waals surface area contributed by atoms with Gasteiger partial charge < -0.3 is 15.0 Å². The number of hydrogen-bond acceptors (Lipinski definition) is 4. The molecule has 1 N–H and O–H groups in total. The predicted molar refractivity (Wildman–Crippen MR) is 79.1 cm³/mol. The van der Waals surface area contributed by atoms with Gasteiger partial charge >= 0.3 is 5.97 Å². The monoisotopic (exact) mass is 292 g/mol. The van der Waals surface area contributed by atoms with E-state index in [1.54, 1.807) is 31.2 Å². The Morgan fingerprint density at radius 1 is 1.19 bits per heavy atom. The zero-order valence-electron chi connectivity index (χ0n) is 12.5. The number of rotatable bonds is 6. The van der Waals surface area contributed by atoms with E-state index in [2.05, 4.69) is 5.32 Å². The zero-order chi connectivity index (χ0) is 15.8. The van der Waals surface area contributed by atoms with Crippen LogP contribution in [0.25, 0.3) is 0 Å². The summed E-state index contributed by atoms with van der Waals surface area (Å²) >= 11 is 0. The molecule has 114 valence electrons. The molecule has 0 atom stereocenters. The van der Waals surface area contributed by atoms with Crippen LogP contribution >= 0.6 is 0 Å². The number of carbonyl (C=O) groups is 3. The minimum Gasteiger partial charge on any atom is -0.462 e. The molecule has 1 aromatic rings. The highest BCUT2D eigenvalue weighted by molar-refractivity contribution is 6.02. The molecule has 0 aliphatic heterocycles. The van der Waals surface area contributed by atoms with Crippen LogP contribution in [0.1, 0.15) is 31.1 Å². The summed E-state index contributed by atoms with van der Waals surface area (Å²) in [5, 5.41) is 2.63. The lowest BCUT2D eigenvalue weighted by Gasteiger charge is -2.23. The van der Waals surface area contributed by atoms with Crippen LogP contribution in [0.15, 0.2) is 24.3 Å². The molecule has 0 unspecified atom stereocenters. The molecule has 0 heterocycles. The van der Waals surface area contributed by atoms with Crippen molar-refractivity contribution >= 4 is 23.5 Å². The van der Waals surface area contributed by atoms with E-state index in [1.807, 2.05) is 0 Å². The fourth-order valence-electron chi connectivity index (χ4n) is 1.88. The van der Waals surface area contributed by atoms with Crippen molar-refractivity contribution in [2.75, 3.05) is 24.6 Å². The maximum atomic E-state index is 11.9. The van der Waals surface area contributed by atoms with Crippen LogP contribution in [0.5, 0.6) is 0 Å². The van der Waals surface area contributed by atoms with Crippen LogP contribution in [0.2, 0.25) is 0 Å². The number of anilines is 1. The quantitative estimate of drug-likeness (QED) is 0.803. The van der Waals surface area contributed by atoms with Crippen LogP contribution in [0, 0.1) is 0 Å². The van der Waals surface area contributed by atoms with Crippen molar-refractivity contribution in [3.63, 3.8) is 0 Å². The van der Waals surface area contributed by atoms with Crippen LogP contribution in [-0.2, 0) is 14.3 Å². The molecular formula is C15H20N2O4. The standard InChI is InChI=1S/C15H20N2O4/c1-4-21-15(20)13-7-5-6-8-14(13)17(12(3)19)10-9-16-11(2)18/h5-8H,4,9-10H2,1-3H3,(H,16,18). The van der Waals surface area contributed by atoms with Gasteiger partial charge in [0.05, 0.1) is 17.9 Å². The Bertz CT molecular complexity index is 528. The molecule has 0 saturated heterocycles. The molecule has 0 radical (unpaired) electrons. The van der Waals surface area contributed by atoms with Gasteiger partial charge in [0.25, 0.3) is 0 Å². The third kappa shape index (κ3) is 4.91. The van der Waals surface area contributed by atoms with Crippen molar-refractivity contribution < 1.29 is 19.1 Å². The largest absolute Gasteiger partial charge is 0.462 e. The van der Waals surface area contributed by atoms with Gasteiger partial charge in [0.2, 0.25) is 11.8 Å². The second-order valence-electron chi connectivity index (χ2n) is 4.39. The maximum absolute atomic E-state index is 11.9. The van der Waals surface area contributed by atoms with E-state index in [4.69, 9.17) is 4.74 Å². The minimum absolute atomic E-state index is 0.169. The first-order valence-electron chi connectivity index (χ1n) is 6.76. The second kappa shape index (κ2) is 8.04. The first-order chi connectivity index (χ1) is 9.97. The smallest absolute Gasteiger partial charge is 0.340 e. The Morgan fingerprint density at radius 2 is 1.86 bits per heavy atom. The Kier molecular flexibility index (Phi) is 6.39. The average Bonchev–Trinajstić information content (AvgIpc) is 2.43. The van der Waals surface area contributed by atoms with Gasteiger partial charge in [-0.25, -0.2) is 4.79 Å². The number of ether oxygens (including phenoxy) is 1. The fraction of sp³-hybridized carbons (Fsp3) is 0.400. The van der Waals surface area contributed by atoms with E-state index in [9.17, 15) is 14.4 Å². The second-order valence-corrected chi connectivity index (χ2v) is 4.39. The fourth-order valence-corrected chi connectivity index (χ4v) is 1.88. The SMILES string of the molecule is CCOC(=O)c1ccccc1N(CCNC(C)=O)C(C)=O. The molecular weight excluding hydrogens is 272 g/mol. The molecule has 0 aromatic heterocycles. The first-order valence-corrected chi connectivity index (χ1v) is 6.76. The summed E-state index contributed by atoms with van der Waals surface area (Å²) in [4.78, 5) is 36.1. The number of amides is 2. The van der Waals surface area contributed by atoms with E-state index in [0.717, 1.165) is 0 Å². The number of carbonyl (C=O) groups excluding carboxylic acids is 3. The predicted octanol–water partition coefficient (Wildman–Crippen LogP) is 1.35. The molecule has 1 rings (SSSR count). The van der Waals surface area contributed by atoms with Crippen molar-refractivity contribution in [2.45, 2.75) is 20.8 Å². The molecule has 0 aliphatic carbocycles. The highest BCUT2D eigenvalue weighted by atomic mass is 16.5. The Balaban J connectivity index is 2.99. The van der Waals surface area contributed by atoms with Crippen molar-refractivity contribution in [3.8, 4) is 0 Å². The van der Waals surface area contributed by atoms with Crippen LogP contribution in [0.4, 0.5) is 5.69 Å². The molecule has 2 amide bonds. The van der Waals surface area contributed by atoms with E-state index in [0.29, 0.717) is 17.8 Å². The topological polar surface area (TPSA) is 75.7 Å². The third-order valence-electron chi connectivity index (χ3n) is 2.78. The Labute approximate surface area is 124 Å². The van der Waals surface area contributed by atoms with E-state index in [1.165, 1.54) is 18.7 Å². The highest BCUT2D eigenvalue weighted by Gasteiger charge is 2.19. The molecule has 6 heteroatoms. The van der Waals surface area contributed by atoms with E-state index >= 15 is 0 Å².